The van der Waals surface area contributed by atoms with Gasteiger partial charge in [0.2, 0.25) is 0 Å². The van der Waals surface area contributed by atoms with E-state index in [1.165, 1.54) is 6.21 Å². The largest absolute Gasteiger partial charge is 0.490 e. The van der Waals surface area contributed by atoms with Crippen LogP contribution in [0.2, 0.25) is 0 Å². The molecular weight excluding hydrogens is 716 g/mol. The predicted molar refractivity (Wildman–Crippen MR) is 147 cm³/mol. The monoisotopic (exact) mass is 730 g/mol. The van der Waals surface area contributed by atoms with Crippen LogP contribution in [0.15, 0.2) is 77.6 Å². The Morgan fingerprint density at radius 1 is 0.886 bits per heavy atom. The van der Waals surface area contributed by atoms with Crippen molar-refractivity contribution in [1.82, 2.24) is 5.43 Å². The highest BCUT2D eigenvalue weighted by atomic mass is 79.9. The van der Waals surface area contributed by atoms with Crippen molar-refractivity contribution in [2.75, 3.05) is 13.2 Å². The molecule has 0 aromatic heterocycles. The van der Waals surface area contributed by atoms with Gasteiger partial charge in [-0.1, -0.05) is 31.9 Å². The van der Waals surface area contributed by atoms with E-state index >= 15 is 0 Å². The van der Waals surface area contributed by atoms with E-state index in [1.807, 2.05) is 19.1 Å². The van der Waals surface area contributed by atoms with Crippen molar-refractivity contribution in [1.29, 1.82) is 0 Å². The van der Waals surface area contributed by atoms with Gasteiger partial charge in [-0.3, -0.25) is 4.79 Å². The van der Waals surface area contributed by atoms with Gasteiger partial charge < -0.3 is 14.2 Å². The van der Waals surface area contributed by atoms with Gasteiger partial charge in [0.05, 0.1) is 27.3 Å². The molecule has 0 atom stereocenters. The lowest BCUT2D eigenvalue weighted by Crippen LogP contribution is -2.24. The molecule has 3 aromatic rings. The van der Waals surface area contributed by atoms with Gasteiger partial charge in [-0.25, -0.2) is 10.2 Å². The molecule has 3 rings (SSSR count). The lowest BCUT2D eigenvalue weighted by Gasteiger charge is -2.11. The third-order valence-electron chi connectivity index (χ3n) is 4.26. The van der Waals surface area contributed by atoms with Gasteiger partial charge in [0.15, 0.2) is 18.1 Å². The molecule has 3 aromatic carbocycles. The molecule has 0 bridgehead atoms. The second kappa shape index (κ2) is 13.2. The number of carbonyl (C=O) groups excluding carboxylic acids is 2. The summed E-state index contributed by atoms with van der Waals surface area (Å²) < 4.78 is 19.8. The molecule has 0 saturated heterocycles. The fraction of sp³-hybridized carbons (Fsp3) is 0.125. The highest BCUT2D eigenvalue weighted by molar-refractivity contribution is 9.11. The maximum Gasteiger partial charge on any atom is 0.343 e. The molecule has 0 fully saturated rings. The number of carbonyl (C=O) groups is 2. The van der Waals surface area contributed by atoms with Crippen LogP contribution >= 0.6 is 63.7 Å². The van der Waals surface area contributed by atoms with E-state index in [-0.39, 0.29) is 12.4 Å². The number of hydrogen-bond acceptors (Lipinski definition) is 6. The van der Waals surface area contributed by atoms with Crippen LogP contribution in [-0.2, 0) is 4.79 Å². The molecule has 0 saturated carbocycles. The summed E-state index contributed by atoms with van der Waals surface area (Å²) in [6, 6.07) is 15.4. The minimum atomic E-state index is -0.504. The van der Waals surface area contributed by atoms with E-state index in [4.69, 9.17) is 14.2 Å². The number of amides is 1. The number of halogens is 4. The standard InChI is InChI=1S/C24H18Br4N2O5/c1-2-33-21-9-14(3-8-20(21)35-24(32)15-4-6-16(25)7-5-15)12-29-30-22(31)13-34-23-18(27)10-17(26)11-19(23)28/h3-12H,2,13H2,1H3,(H,30,31). The quantitative estimate of drug-likeness (QED) is 0.112. The Bertz CT molecular complexity index is 1230. The number of rotatable bonds is 9. The molecule has 0 radical (unpaired) electrons. The van der Waals surface area contributed by atoms with Crippen LogP contribution in [0.1, 0.15) is 22.8 Å². The van der Waals surface area contributed by atoms with Crippen LogP contribution in [0.5, 0.6) is 17.2 Å². The maximum atomic E-state index is 12.4. The second-order valence-electron chi connectivity index (χ2n) is 6.82. The van der Waals surface area contributed by atoms with Crippen molar-refractivity contribution in [3.8, 4) is 17.2 Å². The molecule has 1 amide bonds. The first-order valence-electron chi connectivity index (χ1n) is 10.1. The molecule has 11 heteroatoms. The Morgan fingerprint density at radius 3 is 2.23 bits per heavy atom. The first-order valence-corrected chi connectivity index (χ1v) is 13.3. The maximum absolute atomic E-state index is 12.4. The Morgan fingerprint density at radius 2 is 1.57 bits per heavy atom. The summed E-state index contributed by atoms with van der Waals surface area (Å²) in [6.07, 6.45) is 1.45. The molecule has 7 nitrogen and oxygen atoms in total. The fourth-order valence-corrected chi connectivity index (χ4v) is 5.47. The summed E-state index contributed by atoms with van der Waals surface area (Å²) >= 11 is 13.5. The highest BCUT2D eigenvalue weighted by Crippen LogP contribution is 2.36. The molecule has 0 aliphatic carbocycles. The van der Waals surface area contributed by atoms with Crippen LogP contribution in [0, 0.1) is 0 Å². The fourth-order valence-electron chi connectivity index (χ4n) is 2.72. The zero-order valence-corrected chi connectivity index (χ0v) is 24.5. The van der Waals surface area contributed by atoms with Gasteiger partial charge in [-0.15, -0.1) is 0 Å². The predicted octanol–water partition coefficient (Wildman–Crippen LogP) is 6.88. The first-order chi connectivity index (χ1) is 16.8. The smallest absolute Gasteiger partial charge is 0.343 e. The lowest BCUT2D eigenvalue weighted by molar-refractivity contribution is -0.123. The topological polar surface area (TPSA) is 86.2 Å². The van der Waals surface area contributed by atoms with Gasteiger partial charge in [0.25, 0.3) is 5.91 Å². The number of esters is 1. The average molecular weight is 734 g/mol. The third kappa shape index (κ3) is 8.16. The Kier molecular flexibility index (Phi) is 10.3. The summed E-state index contributed by atoms with van der Waals surface area (Å²) in [5.74, 6) is 0.215. The Labute approximate surface area is 235 Å². The number of hydrogen-bond donors (Lipinski definition) is 1. The number of hydrazone groups is 1. The first kappa shape index (κ1) is 27.4. The molecule has 0 aliphatic rings. The number of benzene rings is 3. The summed E-state index contributed by atoms with van der Waals surface area (Å²) in [7, 11) is 0. The second-order valence-corrected chi connectivity index (χ2v) is 10.4. The summed E-state index contributed by atoms with van der Waals surface area (Å²) in [5.41, 5.74) is 3.46. The van der Waals surface area contributed by atoms with Gasteiger partial charge in [0, 0.05) is 8.95 Å². The number of ether oxygens (including phenoxy) is 3. The SMILES string of the molecule is CCOc1cc(C=NNC(=O)COc2c(Br)cc(Br)cc2Br)ccc1OC(=O)c1ccc(Br)cc1. The summed E-state index contributed by atoms with van der Waals surface area (Å²) in [4.78, 5) is 24.6. The van der Waals surface area contributed by atoms with Crippen molar-refractivity contribution < 1.29 is 23.8 Å². The third-order valence-corrected chi connectivity index (χ3v) is 6.43. The zero-order valence-electron chi connectivity index (χ0n) is 18.2. The minimum absolute atomic E-state index is 0.231. The Hall–Kier alpha value is -2.21. The molecular formula is C24H18Br4N2O5. The minimum Gasteiger partial charge on any atom is -0.490 e. The molecule has 0 heterocycles. The molecule has 1 N–H and O–H groups in total. The van der Waals surface area contributed by atoms with E-state index in [9.17, 15) is 9.59 Å². The summed E-state index contributed by atoms with van der Waals surface area (Å²) in [5, 5.41) is 3.96. The molecule has 35 heavy (non-hydrogen) atoms. The van der Waals surface area contributed by atoms with Crippen molar-refractivity contribution in [3.63, 3.8) is 0 Å². The number of nitrogens with one attached hydrogen (secondary N) is 1. The van der Waals surface area contributed by atoms with E-state index in [1.54, 1.807) is 42.5 Å². The van der Waals surface area contributed by atoms with Crippen LogP contribution in [-0.4, -0.2) is 31.3 Å². The van der Waals surface area contributed by atoms with E-state index in [0.717, 1.165) is 8.95 Å². The van der Waals surface area contributed by atoms with Gasteiger partial charge in [-0.2, -0.15) is 5.10 Å². The van der Waals surface area contributed by atoms with E-state index in [2.05, 4.69) is 74.2 Å². The normalized spacial score (nSPS) is 10.8. The van der Waals surface area contributed by atoms with Crippen molar-refractivity contribution in [2.24, 2.45) is 5.10 Å². The van der Waals surface area contributed by atoms with Crippen molar-refractivity contribution >= 4 is 81.8 Å². The molecule has 0 spiro atoms. The summed E-state index contributed by atoms with van der Waals surface area (Å²) in [6.45, 7) is 1.97. The van der Waals surface area contributed by atoms with Crippen LogP contribution in [0.25, 0.3) is 0 Å². The van der Waals surface area contributed by atoms with Crippen LogP contribution < -0.4 is 19.6 Å². The van der Waals surface area contributed by atoms with Crippen LogP contribution in [0.3, 0.4) is 0 Å². The van der Waals surface area contributed by atoms with Gasteiger partial charge in [-0.05, 0) is 98.9 Å². The van der Waals surface area contributed by atoms with Crippen molar-refractivity contribution in [2.45, 2.75) is 6.92 Å². The Balaban J connectivity index is 1.61. The average Bonchev–Trinajstić information content (AvgIpc) is 2.80. The molecule has 0 unspecified atom stereocenters. The molecule has 182 valence electrons. The number of nitrogens with zero attached hydrogens (tertiary/aromatic N) is 1. The van der Waals surface area contributed by atoms with E-state index in [0.29, 0.717) is 38.2 Å². The van der Waals surface area contributed by atoms with Crippen molar-refractivity contribution in [3.05, 3.63) is 83.6 Å². The van der Waals surface area contributed by atoms with E-state index < -0.39 is 11.9 Å². The molecule has 0 aliphatic heterocycles. The lowest BCUT2D eigenvalue weighted by atomic mass is 10.2. The van der Waals surface area contributed by atoms with Gasteiger partial charge in [0.1, 0.15) is 5.75 Å². The van der Waals surface area contributed by atoms with Crippen LogP contribution in [0.4, 0.5) is 0 Å². The zero-order chi connectivity index (χ0) is 25.4. The highest BCUT2D eigenvalue weighted by Gasteiger charge is 2.14. The van der Waals surface area contributed by atoms with Gasteiger partial charge >= 0.3 is 5.97 Å².